The second-order valence-corrected chi connectivity index (χ2v) is 5.78. The Bertz CT molecular complexity index is 537. The van der Waals surface area contributed by atoms with E-state index in [2.05, 4.69) is 11.9 Å². The normalized spacial score (nSPS) is 15.3. The molecule has 120 valence electrons. The van der Waals surface area contributed by atoms with Crippen LogP contribution in [-0.4, -0.2) is 30.1 Å². The molecule has 1 aliphatic heterocycles. The van der Waals surface area contributed by atoms with Gasteiger partial charge in [-0.25, -0.2) is 9.59 Å². The van der Waals surface area contributed by atoms with Gasteiger partial charge in [-0.1, -0.05) is 12.7 Å². The highest BCUT2D eigenvalue weighted by atomic mass is 16.6. The standard InChI is InChI=1S/C16H21NO5/c1-11-5-6-12(15(20)17-11)9-10-21-13(18)7-8-14(19)22-16(2,3)4/h6-8H,1,5,9-10H2,2-4H3,(H,17,20)/b8-7+. The molecule has 1 N–H and O–H groups in total. The third-order valence-corrected chi connectivity index (χ3v) is 2.55. The Labute approximate surface area is 129 Å². The molecule has 0 aliphatic carbocycles. The fourth-order valence-corrected chi connectivity index (χ4v) is 1.63. The van der Waals surface area contributed by atoms with E-state index in [4.69, 9.17) is 9.47 Å². The average Bonchev–Trinajstić information content (AvgIpc) is 2.37. The molecule has 1 heterocycles. The molecule has 0 atom stereocenters. The molecular weight excluding hydrogens is 286 g/mol. The Morgan fingerprint density at radius 3 is 2.55 bits per heavy atom. The zero-order chi connectivity index (χ0) is 16.8. The van der Waals surface area contributed by atoms with Gasteiger partial charge in [-0.3, -0.25) is 4.79 Å². The van der Waals surface area contributed by atoms with Gasteiger partial charge in [0.05, 0.1) is 6.61 Å². The minimum Gasteiger partial charge on any atom is -0.462 e. The topological polar surface area (TPSA) is 81.7 Å². The van der Waals surface area contributed by atoms with Crippen LogP contribution in [-0.2, 0) is 23.9 Å². The molecule has 0 aromatic carbocycles. The second kappa shape index (κ2) is 7.59. The number of hydrogen-bond acceptors (Lipinski definition) is 5. The Hall–Kier alpha value is -2.37. The first-order valence-corrected chi connectivity index (χ1v) is 6.93. The zero-order valence-electron chi connectivity index (χ0n) is 13.1. The van der Waals surface area contributed by atoms with Crippen molar-refractivity contribution in [1.82, 2.24) is 5.32 Å². The zero-order valence-corrected chi connectivity index (χ0v) is 13.1. The van der Waals surface area contributed by atoms with E-state index in [0.29, 0.717) is 24.1 Å². The molecule has 1 aliphatic rings. The van der Waals surface area contributed by atoms with Crippen LogP contribution in [0.3, 0.4) is 0 Å². The molecule has 0 radical (unpaired) electrons. The van der Waals surface area contributed by atoms with E-state index >= 15 is 0 Å². The van der Waals surface area contributed by atoms with Crippen molar-refractivity contribution in [2.24, 2.45) is 0 Å². The number of esters is 2. The van der Waals surface area contributed by atoms with Crippen LogP contribution in [0, 0.1) is 0 Å². The Morgan fingerprint density at radius 2 is 1.95 bits per heavy atom. The lowest BCUT2D eigenvalue weighted by Crippen LogP contribution is -2.27. The van der Waals surface area contributed by atoms with Gasteiger partial charge in [0.25, 0.3) is 5.91 Å². The summed E-state index contributed by atoms with van der Waals surface area (Å²) in [7, 11) is 0. The summed E-state index contributed by atoms with van der Waals surface area (Å²) in [5.41, 5.74) is 0.582. The number of ether oxygens (including phenoxy) is 2. The van der Waals surface area contributed by atoms with Gasteiger partial charge in [-0.15, -0.1) is 0 Å². The van der Waals surface area contributed by atoms with E-state index in [1.54, 1.807) is 26.8 Å². The lowest BCUT2D eigenvalue weighted by atomic mass is 10.1. The maximum Gasteiger partial charge on any atom is 0.331 e. The number of allylic oxidation sites excluding steroid dienone is 1. The summed E-state index contributed by atoms with van der Waals surface area (Å²) >= 11 is 0. The molecule has 0 fully saturated rings. The highest BCUT2D eigenvalue weighted by Gasteiger charge is 2.16. The van der Waals surface area contributed by atoms with Crippen molar-refractivity contribution in [3.05, 3.63) is 36.1 Å². The van der Waals surface area contributed by atoms with E-state index in [0.717, 1.165) is 12.2 Å². The maximum absolute atomic E-state index is 11.6. The van der Waals surface area contributed by atoms with Crippen LogP contribution < -0.4 is 5.32 Å². The summed E-state index contributed by atoms with van der Waals surface area (Å²) < 4.78 is 9.93. The monoisotopic (exact) mass is 307 g/mol. The summed E-state index contributed by atoms with van der Waals surface area (Å²) in [6, 6.07) is 0. The van der Waals surface area contributed by atoms with Crippen LogP contribution in [0.4, 0.5) is 0 Å². The molecule has 6 heteroatoms. The van der Waals surface area contributed by atoms with Crippen molar-refractivity contribution < 1.29 is 23.9 Å². The highest BCUT2D eigenvalue weighted by Crippen LogP contribution is 2.12. The van der Waals surface area contributed by atoms with Gasteiger partial charge in [0.1, 0.15) is 5.60 Å². The molecular formula is C16H21NO5. The number of carbonyl (C=O) groups is 3. The first kappa shape index (κ1) is 17.7. The third kappa shape index (κ3) is 6.88. The number of rotatable bonds is 5. The minimum atomic E-state index is -0.660. The van der Waals surface area contributed by atoms with Crippen molar-refractivity contribution >= 4 is 17.8 Å². The number of carbonyl (C=O) groups excluding carboxylic acids is 3. The van der Waals surface area contributed by atoms with Crippen LogP contribution >= 0.6 is 0 Å². The van der Waals surface area contributed by atoms with Gasteiger partial charge in [-0.05, 0) is 20.8 Å². The Morgan fingerprint density at radius 1 is 1.32 bits per heavy atom. The summed E-state index contributed by atoms with van der Waals surface area (Å²) in [6.07, 6.45) is 4.67. The van der Waals surface area contributed by atoms with Crippen molar-refractivity contribution in [2.75, 3.05) is 6.61 Å². The molecule has 0 saturated heterocycles. The van der Waals surface area contributed by atoms with Crippen molar-refractivity contribution in [3.8, 4) is 0 Å². The van der Waals surface area contributed by atoms with Gasteiger partial charge in [0, 0.05) is 36.3 Å². The molecule has 22 heavy (non-hydrogen) atoms. The van der Waals surface area contributed by atoms with Crippen LogP contribution in [0.15, 0.2) is 36.1 Å². The van der Waals surface area contributed by atoms with Gasteiger partial charge in [0.2, 0.25) is 0 Å². The van der Waals surface area contributed by atoms with Crippen LogP contribution in [0.1, 0.15) is 33.6 Å². The Balaban J connectivity index is 2.33. The van der Waals surface area contributed by atoms with Crippen LogP contribution in [0.2, 0.25) is 0 Å². The number of hydrogen-bond donors (Lipinski definition) is 1. The highest BCUT2D eigenvalue weighted by molar-refractivity contribution is 5.95. The molecule has 0 aromatic heterocycles. The van der Waals surface area contributed by atoms with Gasteiger partial charge in [0.15, 0.2) is 0 Å². The van der Waals surface area contributed by atoms with Crippen LogP contribution in [0.25, 0.3) is 0 Å². The summed E-state index contributed by atoms with van der Waals surface area (Å²) in [5.74, 6) is -1.50. The SMILES string of the molecule is C=C1CC=C(CCOC(=O)/C=C/C(=O)OC(C)(C)C)C(=O)N1. The third-order valence-electron chi connectivity index (χ3n) is 2.55. The fraction of sp³-hybridized carbons (Fsp3) is 0.438. The largest absolute Gasteiger partial charge is 0.462 e. The summed E-state index contributed by atoms with van der Waals surface area (Å²) in [5, 5.41) is 2.61. The predicted octanol–water partition coefficient (Wildman–Crippen LogP) is 1.78. The second-order valence-electron chi connectivity index (χ2n) is 5.78. The fourth-order valence-electron chi connectivity index (χ4n) is 1.63. The van der Waals surface area contributed by atoms with Gasteiger partial charge >= 0.3 is 11.9 Å². The van der Waals surface area contributed by atoms with Crippen molar-refractivity contribution in [3.63, 3.8) is 0 Å². The predicted molar refractivity (Wildman–Crippen MR) is 80.5 cm³/mol. The van der Waals surface area contributed by atoms with Crippen molar-refractivity contribution in [2.45, 2.75) is 39.2 Å². The maximum atomic E-state index is 11.6. The molecule has 0 aromatic rings. The van der Waals surface area contributed by atoms with Gasteiger partial charge < -0.3 is 14.8 Å². The van der Waals surface area contributed by atoms with Gasteiger partial charge in [-0.2, -0.15) is 0 Å². The lowest BCUT2D eigenvalue weighted by molar-refractivity contribution is -0.149. The van der Waals surface area contributed by atoms with E-state index in [1.165, 1.54) is 0 Å². The Kier molecular flexibility index (Phi) is 6.10. The van der Waals surface area contributed by atoms with Crippen molar-refractivity contribution in [1.29, 1.82) is 0 Å². The van der Waals surface area contributed by atoms with E-state index < -0.39 is 17.5 Å². The molecule has 1 amide bonds. The lowest BCUT2D eigenvalue weighted by Gasteiger charge is -2.17. The first-order valence-electron chi connectivity index (χ1n) is 6.93. The number of amides is 1. The molecule has 0 spiro atoms. The molecule has 1 rings (SSSR count). The minimum absolute atomic E-state index is 0.0588. The quantitative estimate of drug-likeness (QED) is 0.618. The summed E-state index contributed by atoms with van der Waals surface area (Å²) in [6.45, 7) is 8.91. The van der Waals surface area contributed by atoms with E-state index in [9.17, 15) is 14.4 Å². The molecule has 0 saturated carbocycles. The summed E-state index contributed by atoms with van der Waals surface area (Å²) in [4.78, 5) is 34.4. The van der Waals surface area contributed by atoms with E-state index in [1.807, 2.05) is 0 Å². The number of nitrogens with one attached hydrogen (secondary N) is 1. The van der Waals surface area contributed by atoms with E-state index in [-0.39, 0.29) is 12.5 Å². The molecule has 0 unspecified atom stereocenters. The average molecular weight is 307 g/mol. The first-order chi connectivity index (χ1) is 10.2. The van der Waals surface area contributed by atoms with Crippen LogP contribution in [0.5, 0.6) is 0 Å². The molecule has 6 nitrogen and oxygen atoms in total. The molecule has 0 bridgehead atoms. The smallest absolute Gasteiger partial charge is 0.331 e.